The van der Waals surface area contributed by atoms with Crippen molar-refractivity contribution in [2.45, 2.75) is 11.5 Å². The predicted octanol–water partition coefficient (Wildman–Crippen LogP) is 3.85. The lowest BCUT2D eigenvalue weighted by Gasteiger charge is -2.06. The molecule has 2 aromatic rings. The molecule has 106 valence electrons. The highest BCUT2D eigenvalue weighted by Gasteiger charge is 2.09. The van der Waals surface area contributed by atoms with Gasteiger partial charge in [-0.3, -0.25) is 9.19 Å². The van der Waals surface area contributed by atoms with E-state index in [9.17, 15) is 4.21 Å². The number of aromatic nitrogens is 1. The van der Waals surface area contributed by atoms with Gasteiger partial charge in [0.15, 0.2) is 0 Å². The molecule has 0 fully saturated rings. The van der Waals surface area contributed by atoms with Crippen LogP contribution in [0.1, 0.15) is 11.3 Å². The minimum absolute atomic E-state index is 0.299. The highest BCUT2D eigenvalue weighted by atomic mass is 35.5. The molecule has 0 saturated heterocycles. The Morgan fingerprint density at radius 2 is 2.05 bits per heavy atom. The van der Waals surface area contributed by atoms with Gasteiger partial charge in [-0.25, -0.2) is 0 Å². The fraction of sp³-hybridized carbons (Fsp3) is 0.214. The summed E-state index contributed by atoms with van der Waals surface area (Å²) in [5.74, 6) is 1.48. The van der Waals surface area contributed by atoms with E-state index in [1.807, 2.05) is 24.3 Å². The van der Waals surface area contributed by atoms with Gasteiger partial charge in [0.25, 0.3) is 0 Å². The molecule has 0 unspecified atom stereocenters. The van der Waals surface area contributed by atoms with E-state index in [-0.39, 0.29) is 0 Å². The van der Waals surface area contributed by atoms with Crippen LogP contribution in [0.3, 0.4) is 0 Å². The van der Waals surface area contributed by atoms with E-state index in [1.165, 1.54) is 6.20 Å². The molecule has 0 amide bonds. The van der Waals surface area contributed by atoms with Crippen LogP contribution in [0.2, 0.25) is 10.0 Å². The van der Waals surface area contributed by atoms with Gasteiger partial charge in [0.1, 0.15) is 5.75 Å². The smallest absolute Gasteiger partial charge is 0.119 e. The van der Waals surface area contributed by atoms with Gasteiger partial charge < -0.3 is 4.74 Å². The molecule has 3 nitrogen and oxygen atoms in total. The third-order valence-corrected chi connectivity index (χ3v) is 4.43. The SMILES string of the molecule is COc1cccc(C[S@](=O)Cc2ncc(Cl)cc2Cl)c1. The maximum absolute atomic E-state index is 12.2. The minimum Gasteiger partial charge on any atom is -0.497 e. The molecule has 1 heterocycles. The topological polar surface area (TPSA) is 39.2 Å². The maximum Gasteiger partial charge on any atom is 0.119 e. The highest BCUT2D eigenvalue weighted by molar-refractivity contribution is 7.83. The summed E-state index contributed by atoms with van der Waals surface area (Å²) >= 11 is 11.8. The fourth-order valence-electron chi connectivity index (χ4n) is 1.70. The zero-order chi connectivity index (χ0) is 14.5. The number of nitrogens with zero attached hydrogens (tertiary/aromatic N) is 1. The fourth-order valence-corrected chi connectivity index (χ4v) is 3.42. The molecular formula is C14H13Cl2NO2S. The van der Waals surface area contributed by atoms with Crippen LogP contribution in [-0.2, 0) is 22.3 Å². The molecule has 0 saturated carbocycles. The van der Waals surface area contributed by atoms with Crippen molar-refractivity contribution < 1.29 is 8.95 Å². The van der Waals surface area contributed by atoms with E-state index in [2.05, 4.69) is 4.98 Å². The zero-order valence-corrected chi connectivity index (χ0v) is 13.1. The quantitative estimate of drug-likeness (QED) is 0.836. The van der Waals surface area contributed by atoms with Gasteiger partial charge in [0, 0.05) is 22.7 Å². The number of benzene rings is 1. The first-order valence-electron chi connectivity index (χ1n) is 5.86. The number of ether oxygens (including phenoxy) is 1. The molecule has 0 aliphatic heterocycles. The van der Waals surface area contributed by atoms with E-state index in [1.54, 1.807) is 13.2 Å². The van der Waals surface area contributed by atoms with Crippen molar-refractivity contribution in [1.82, 2.24) is 4.98 Å². The molecular weight excluding hydrogens is 317 g/mol. The van der Waals surface area contributed by atoms with E-state index < -0.39 is 10.8 Å². The number of hydrogen-bond acceptors (Lipinski definition) is 3. The average molecular weight is 330 g/mol. The number of methoxy groups -OCH3 is 1. The van der Waals surface area contributed by atoms with Crippen LogP contribution in [-0.4, -0.2) is 16.3 Å². The van der Waals surface area contributed by atoms with Crippen molar-refractivity contribution in [3.63, 3.8) is 0 Å². The zero-order valence-electron chi connectivity index (χ0n) is 10.8. The Balaban J connectivity index is 2.05. The summed E-state index contributed by atoms with van der Waals surface area (Å²) in [7, 11) is 0.510. The van der Waals surface area contributed by atoms with Crippen molar-refractivity contribution in [2.75, 3.05) is 7.11 Å². The summed E-state index contributed by atoms with van der Waals surface area (Å²) in [4.78, 5) is 4.11. The van der Waals surface area contributed by atoms with Crippen LogP contribution in [0.25, 0.3) is 0 Å². The van der Waals surface area contributed by atoms with Crippen LogP contribution in [0.15, 0.2) is 36.5 Å². The summed E-state index contributed by atoms with van der Waals surface area (Å²) in [5, 5.41) is 0.911. The van der Waals surface area contributed by atoms with Crippen LogP contribution < -0.4 is 4.74 Å². The Morgan fingerprint density at radius 1 is 1.25 bits per heavy atom. The molecule has 0 N–H and O–H groups in total. The van der Waals surface area contributed by atoms with Crippen LogP contribution in [0.4, 0.5) is 0 Å². The largest absolute Gasteiger partial charge is 0.497 e. The standard InChI is InChI=1S/C14H13Cl2NO2S/c1-19-12-4-2-3-10(5-12)8-20(18)9-14-13(16)6-11(15)7-17-14/h2-7H,8-9H2,1H3/t20-/m0/s1. The number of pyridine rings is 1. The molecule has 0 bridgehead atoms. The Morgan fingerprint density at radius 3 is 2.75 bits per heavy atom. The number of halogens is 2. The Kier molecular flexibility index (Phi) is 5.40. The molecule has 2 rings (SSSR count). The Labute approximate surface area is 130 Å². The lowest BCUT2D eigenvalue weighted by atomic mass is 10.2. The first-order chi connectivity index (χ1) is 9.58. The summed E-state index contributed by atoms with van der Waals surface area (Å²) in [6, 6.07) is 9.11. The van der Waals surface area contributed by atoms with E-state index in [4.69, 9.17) is 27.9 Å². The van der Waals surface area contributed by atoms with Gasteiger partial charge in [-0.05, 0) is 23.8 Å². The minimum atomic E-state index is -1.09. The van der Waals surface area contributed by atoms with Crippen LogP contribution >= 0.6 is 23.2 Å². The normalized spacial score (nSPS) is 12.2. The van der Waals surface area contributed by atoms with Gasteiger partial charge in [0.2, 0.25) is 0 Å². The summed E-state index contributed by atoms with van der Waals surface area (Å²) in [6.45, 7) is 0. The van der Waals surface area contributed by atoms with E-state index >= 15 is 0 Å². The molecule has 0 aliphatic rings. The van der Waals surface area contributed by atoms with Crippen molar-refractivity contribution in [3.8, 4) is 5.75 Å². The van der Waals surface area contributed by atoms with Gasteiger partial charge in [-0.15, -0.1) is 0 Å². The molecule has 1 aromatic carbocycles. The third kappa shape index (κ3) is 4.20. The molecule has 20 heavy (non-hydrogen) atoms. The van der Waals surface area contributed by atoms with Crippen molar-refractivity contribution in [1.29, 1.82) is 0 Å². The van der Waals surface area contributed by atoms with Gasteiger partial charge >= 0.3 is 0 Å². The van der Waals surface area contributed by atoms with Gasteiger partial charge in [0.05, 0.1) is 28.6 Å². The molecule has 1 atom stereocenters. The van der Waals surface area contributed by atoms with Crippen molar-refractivity contribution >= 4 is 34.0 Å². The summed E-state index contributed by atoms with van der Waals surface area (Å²) < 4.78 is 17.3. The van der Waals surface area contributed by atoms with E-state index in [0.717, 1.165) is 11.3 Å². The number of rotatable bonds is 5. The molecule has 0 radical (unpaired) electrons. The third-order valence-electron chi connectivity index (χ3n) is 2.64. The van der Waals surface area contributed by atoms with Gasteiger partial charge in [-0.1, -0.05) is 35.3 Å². The highest BCUT2D eigenvalue weighted by Crippen LogP contribution is 2.21. The lowest BCUT2D eigenvalue weighted by Crippen LogP contribution is -2.02. The second-order valence-corrected chi connectivity index (χ2v) is 6.46. The predicted molar refractivity (Wildman–Crippen MR) is 82.8 cm³/mol. The second-order valence-electron chi connectivity index (χ2n) is 4.16. The number of hydrogen-bond donors (Lipinski definition) is 0. The molecule has 6 heteroatoms. The summed E-state index contributed by atoms with van der Waals surface area (Å²) in [5.41, 5.74) is 1.55. The first kappa shape index (κ1) is 15.3. The molecule has 1 aromatic heterocycles. The molecule has 0 aliphatic carbocycles. The molecule has 0 spiro atoms. The monoisotopic (exact) mass is 329 g/mol. The Bertz CT molecular complexity index is 634. The average Bonchev–Trinajstić information content (AvgIpc) is 2.42. The first-order valence-corrected chi connectivity index (χ1v) is 8.10. The van der Waals surface area contributed by atoms with Crippen LogP contribution in [0.5, 0.6) is 5.75 Å². The van der Waals surface area contributed by atoms with Crippen LogP contribution in [0, 0.1) is 0 Å². The van der Waals surface area contributed by atoms with E-state index in [0.29, 0.717) is 27.2 Å². The second kappa shape index (κ2) is 7.07. The van der Waals surface area contributed by atoms with Gasteiger partial charge in [-0.2, -0.15) is 0 Å². The lowest BCUT2D eigenvalue weighted by molar-refractivity contribution is 0.414. The maximum atomic E-state index is 12.2. The Hall–Kier alpha value is -1.10. The summed E-state index contributed by atoms with van der Waals surface area (Å²) in [6.07, 6.45) is 1.51. The van der Waals surface area contributed by atoms with Crippen molar-refractivity contribution in [3.05, 3.63) is 57.8 Å². The van der Waals surface area contributed by atoms with Crippen molar-refractivity contribution in [2.24, 2.45) is 0 Å².